The van der Waals surface area contributed by atoms with Crippen LogP contribution in [0.3, 0.4) is 0 Å². The van der Waals surface area contributed by atoms with Crippen molar-refractivity contribution in [3.05, 3.63) is 0 Å². The van der Waals surface area contributed by atoms with Crippen molar-refractivity contribution in [2.24, 2.45) is 5.73 Å². The van der Waals surface area contributed by atoms with Crippen LogP contribution >= 0.6 is 0 Å². The minimum absolute atomic E-state index is 0.338. The summed E-state index contributed by atoms with van der Waals surface area (Å²) in [5.74, 6) is -0.713. The molecule has 0 bridgehead atoms. The van der Waals surface area contributed by atoms with Crippen LogP contribution in [-0.2, 0) is 18.9 Å². The van der Waals surface area contributed by atoms with Crippen LogP contribution in [0, 0.1) is 0 Å². The average Bonchev–Trinajstić information content (AvgIpc) is 3.09. The quantitative estimate of drug-likeness (QED) is 0.444. The third kappa shape index (κ3) is 7.59. The van der Waals surface area contributed by atoms with Crippen molar-refractivity contribution < 1.29 is 24.1 Å². The lowest BCUT2D eigenvalue weighted by Gasteiger charge is -2.26. The summed E-state index contributed by atoms with van der Waals surface area (Å²) in [6.45, 7) is 7.05. The Morgan fingerprint density at radius 2 is 1.48 bits per heavy atom. The highest BCUT2D eigenvalue weighted by atomic mass is 16.8. The third-order valence-corrected chi connectivity index (χ3v) is 5.44. The molecule has 2 rings (SSSR count). The molecule has 5 atom stereocenters. The summed E-state index contributed by atoms with van der Waals surface area (Å²) in [5, 5.41) is 10.0. The summed E-state index contributed by atoms with van der Waals surface area (Å²) in [5.41, 5.74) is 6.22. The van der Waals surface area contributed by atoms with Crippen LogP contribution < -0.4 is 5.73 Å². The largest absolute Gasteiger partial charge is 0.380 e. The second kappa shape index (κ2) is 11.7. The van der Waals surface area contributed by atoms with Gasteiger partial charge in [0.2, 0.25) is 0 Å². The monoisotopic (exact) mass is 387 g/mol. The van der Waals surface area contributed by atoms with Crippen molar-refractivity contribution in [2.75, 3.05) is 13.2 Å². The molecule has 2 heterocycles. The second-order valence-corrected chi connectivity index (χ2v) is 8.48. The molecule has 27 heavy (non-hydrogen) atoms. The molecule has 2 fully saturated rings. The topological polar surface area (TPSA) is 83.2 Å². The average molecular weight is 388 g/mol. The summed E-state index contributed by atoms with van der Waals surface area (Å²) in [6, 6.07) is -0.338. The van der Waals surface area contributed by atoms with E-state index in [1.165, 1.54) is 57.8 Å². The summed E-state index contributed by atoms with van der Waals surface area (Å²) in [4.78, 5) is 0. The fraction of sp³-hybridized carbons (Fsp3) is 1.00. The van der Waals surface area contributed by atoms with E-state index < -0.39 is 24.3 Å². The highest BCUT2D eigenvalue weighted by Gasteiger charge is 2.56. The van der Waals surface area contributed by atoms with Gasteiger partial charge in [0.15, 0.2) is 12.1 Å². The van der Waals surface area contributed by atoms with E-state index in [9.17, 15) is 5.11 Å². The Kier molecular flexibility index (Phi) is 9.97. The lowest BCUT2D eigenvalue weighted by Crippen LogP contribution is -2.46. The van der Waals surface area contributed by atoms with Crippen LogP contribution in [0.4, 0.5) is 0 Å². The number of unbranched alkanes of at least 4 members (excludes halogenated alkanes) is 9. The summed E-state index contributed by atoms with van der Waals surface area (Å²) < 4.78 is 22.8. The van der Waals surface area contributed by atoms with E-state index >= 15 is 0 Å². The molecule has 0 amide bonds. The van der Waals surface area contributed by atoms with E-state index in [0.717, 1.165) is 13.0 Å². The molecule has 160 valence electrons. The lowest BCUT2D eigenvalue weighted by atomic mass is 10.1. The number of aliphatic hydroxyl groups excluding tert-OH is 1. The summed E-state index contributed by atoms with van der Waals surface area (Å²) in [6.07, 6.45) is 10.9. The van der Waals surface area contributed by atoms with Gasteiger partial charge in [0.25, 0.3) is 0 Å². The van der Waals surface area contributed by atoms with Gasteiger partial charge in [-0.15, -0.1) is 0 Å². The van der Waals surface area contributed by atoms with E-state index in [2.05, 4.69) is 6.92 Å². The molecule has 0 spiro atoms. The molecule has 6 nitrogen and oxygen atoms in total. The Bertz CT molecular complexity index is 406. The van der Waals surface area contributed by atoms with Crippen LogP contribution in [-0.4, -0.2) is 54.8 Å². The van der Waals surface area contributed by atoms with Gasteiger partial charge in [-0.3, -0.25) is 0 Å². The maximum atomic E-state index is 10.0. The zero-order valence-electron chi connectivity index (χ0n) is 17.5. The van der Waals surface area contributed by atoms with Crippen LogP contribution in [0.25, 0.3) is 0 Å². The smallest absolute Gasteiger partial charge is 0.184 e. The number of ether oxygens (including phenoxy) is 4. The van der Waals surface area contributed by atoms with E-state index in [1.807, 2.05) is 13.8 Å². The Hall–Kier alpha value is -0.240. The molecule has 2 saturated heterocycles. The molecule has 0 radical (unpaired) electrons. The minimum Gasteiger partial charge on any atom is -0.380 e. The van der Waals surface area contributed by atoms with Crippen LogP contribution in [0.1, 0.15) is 85.0 Å². The fourth-order valence-corrected chi connectivity index (χ4v) is 3.96. The van der Waals surface area contributed by atoms with Gasteiger partial charge >= 0.3 is 0 Å². The van der Waals surface area contributed by atoms with Crippen molar-refractivity contribution in [1.29, 1.82) is 0 Å². The van der Waals surface area contributed by atoms with Crippen LogP contribution in [0.2, 0.25) is 0 Å². The molecule has 0 aromatic rings. The first-order valence-corrected chi connectivity index (χ1v) is 11.0. The number of nitrogens with two attached hydrogens (primary N) is 1. The van der Waals surface area contributed by atoms with Gasteiger partial charge < -0.3 is 29.8 Å². The minimum atomic E-state index is -0.991. The fourth-order valence-electron chi connectivity index (χ4n) is 3.96. The van der Waals surface area contributed by atoms with E-state index in [4.69, 9.17) is 24.7 Å². The first kappa shape index (κ1) is 23.0. The predicted octanol–water partition coefficient (Wildman–Crippen LogP) is 3.49. The molecular weight excluding hydrogens is 346 g/mol. The molecule has 2 aliphatic heterocycles. The van der Waals surface area contributed by atoms with Gasteiger partial charge in [-0.1, -0.05) is 64.7 Å². The molecular formula is C21H41NO5. The van der Waals surface area contributed by atoms with Crippen molar-refractivity contribution in [1.82, 2.24) is 0 Å². The maximum Gasteiger partial charge on any atom is 0.184 e. The molecule has 3 N–H and O–H groups in total. The first-order valence-electron chi connectivity index (χ1n) is 11.0. The van der Waals surface area contributed by atoms with Crippen molar-refractivity contribution in [3.8, 4) is 0 Å². The normalized spacial score (nSPS) is 30.6. The number of rotatable bonds is 14. The number of fused-ring (bicyclic) bond motifs is 1. The first-order chi connectivity index (χ1) is 12.9. The van der Waals surface area contributed by atoms with Gasteiger partial charge in [-0.25, -0.2) is 0 Å². The molecule has 0 unspecified atom stereocenters. The SMILES string of the molecule is CCCCCCCCCCCCOC[C@H](N)[C@H]1O[C@H](O)[C@H]2OC(C)(C)O[C@@H]12. The molecule has 0 aliphatic carbocycles. The van der Waals surface area contributed by atoms with Crippen molar-refractivity contribution >= 4 is 0 Å². The van der Waals surface area contributed by atoms with E-state index in [-0.39, 0.29) is 12.1 Å². The molecule has 0 aromatic carbocycles. The highest BCUT2D eigenvalue weighted by molar-refractivity contribution is 4.98. The van der Waals surface area contributed by atoms with Gasteiger partial charge in [0.1, 0.15) is 18.3 Å². The van der Waals surface area contributed by atoms with Gasteiger partial charge in [-0.05, 0) is 20.3 Å². The Labute approximate surface area is 165 Å². The molecule has 6 heteroatoms. The van der Waals surface area contributed by atoms with Crippen molar-refractivity contribution in [3.63, 3.8) is 0 Å². The predicted molar refractivity (Wildman–Crippen MR) is 105 cm³/mol. The van der Waals surface area contributed by atoms with Crippen LogP contribution in [0.5, 0.6) is 0 Å². The Morgan fingerprint density at radius 3 is 2.11 bits per heavy atom. The Balaban J connectivity index is 1.48. The number of hydrogen-bond donors (Lipinski definition) is 2. The molecule has 2 aliphatic rings. The van der Waals surface area contributed by atoms with E-state index in [0.29, 0.717) is 6.61 Å². The third-order valence-electron chi connectivity index (χ3n) is 5.44. The zero-order chi connectivity index (χ0) is 19.7. The number of aliphatic hydroxyl groups is 1. The molecule has 0 aromatic heterocycles. The maximum absolute atomic E-state index is 10.0. The van der Waals surface area contributed by atoms with Gasteiger partial charge in [0.05, 0.1) is 12.6 Å². The Morgan fingerprint density at radius 1 is 0.926 bits per heavy atom. The zero-order valence-corrected chi connectivity index (χ0v) is 17.5. The van der Waals surface area contributed by atoms with Gasteiger partial charge in [-0.2, -0.15) is 0 Å². The standard InChI is InChI=1S/C21H41NO5/c1-4-5-6-7-8-9-10-11-12-13-14-24-15-16(22)17-18-19(20(23)25-17)27-21(2,3)26-18/h16-20,23H,4-15,22H2,1-3H3/t16-,17+,18-,19-,20-/m0/s1. The lowest BCUT2D eigenvalue weighted by molar-refractivity contribution is -0.223. The second-order valence-electron chi connectivity index (χ2n) is 8.48. The summed E-state index contributed by atoms with van der Waals surface area (Å²) >= 11 is 0. The van der Waals surface area contributed by atoms with Crippen molar-refractivity contribution in [2.45, 2.75) is 121 Å². The summed E-state index contributed by atoms with van der Waals surface area (Å²) in [7, 11) is 0. The van der Waals surface area contributed by atoms with Crippen LogP contribution in [0.15, 0.2) is 0 Å². The van der Waals surface area contributed by atoms with E-state index in [1.54, 1.807) is 0 Å². The highest BCUT2D eigenvalue weighted by Crippen LogP contribution is 2.38. The van der Waals surface area contributed by atoms with Gasteiger partial charge in [0, 0.05) is 6.61 Å². The molecule has 0 saturated carbocycles. The number of hydrogen-bond acceptors (Lipinski definition) is 6.